The minimum atomic E-state index is -1.42. The maximum Gasteiger partial charge on any atom is 0.338 e. The number of primary amides is 1. The summed E-state index contributed by atoms with van der Waals surface area (Å²) in [6, 6.07) is -4.69. The first-order valence-corrected chi connectivity index (χ1v) is 21.9. The number of esters is 1. The van der Waals surface area contributed by atoms with E-state index in [1.54, 1.807) is 6.26 Å². The van der Waals surface area contributed by atoms with E-state index in [9.17, 15) is 48.3 Å². The van der Waals surface area contributed by atoms with Gasteiger partial charge in [-0.3, -0.25) is 38.5 Å². The molecule has 1 aromatic rings. The van der Waals surface area contributed by atoms with Crippen molar-refractivity contribution in [1.29, 1.82) is 0 Å². The number of pyridine rings is 1. The molecule has 2 heterocycles. The SMILES string of the molecule is COC(=O)/C=C/CCC(NC(=O)c1ccncc1C(=O)O)C(=O)NC(CCSC)C(=O)N1CC(=O)C[C@H]1C(=O)NC(C(=O)NC(C(N)=O)C1CCCCC1)C1CCCCC1. The van der Waals surface area contributed by atoms with Gasteiger partial charge in [0.25, 0.3) is 5.91 Å². The van der Waals surface area contributed by atoms with Gasteiger partial charge in [0.2, 0.25) is 29.5 Å². The summed E-state index contributed by atoms with van der Waals surface area (Å²) in [5.41, 5.74) is 5.10. The molecule has 5 atom stereocenters. The van der Waals surface area contributed by atoms with E-state index in [1.165, 1.54) is 37.2 Å². The van der Waals surface area contributed by atoms with Gasteiger partial charge in [0, 0.05) is 24.9 Å². The van der Waals surface area contributed by atoms with Crippen LogP contribution in [0.3, 0.4) is 0 Å². The second kappa shape index (κ2) is 23.5. The molecule has 7 N–H and O–H groups in total. The maximum absolute atomic E-state index is 14.3. The van der Waals surface area contributed by atoms with Gasteiger partial charge in [-0.1, -0.05) is 44.6 Å². The Kier molecular flexibility index (Phi) is 18.5. The number of ketones is 1. The summed E-state index contributed by atoms with van der Waals surface area (Å²) >= 11 is 1.38. The number of likely N-dealkylation sites (tertiary alicyclic amines) is 1. The van der Waals surface area contributed by atoms with E-state index in [0.717, 1.165) is 68.5 Å². The number of carboxylic acid groups (broad SMARTS) is 1. The van der Waals surface area contributed by atoms with E-state index in [4.69, 9.17) is 5.73 Å². The third-order valence-corrected chi connectivity index (χ3v) is 12.0. The average Bonchev–Trinajstić information content (AvgIpc) is 3.65. The number of carbonyl (C=O) groups excluding carboxylic acids is 8. The Balaban J connectivity index is 1.55. The van der Waals surface area contributed by atoms with Crippen LogP contribution in [0, 0.1) is 11.8 Å². The van der Waals surface area contributed by atoms with Crippen LogP contribution in [0.25, 0.3) is 0 Å². The fraction of sp³-hybridized carbons (Fsp3) is 0.610. The highest BCUT2D eigenvalue weighted by Crippen LogP contribution is 2.30. The molecular weight excluding hydrogens is 799 g/mol. The van der Waals surface area contributed by atoms with Crippen LogP contribution in [0.1, 0.15) is 111 Å². The number of methoxy groups -OCH3 is 1. The first-order chi connectivity index (χ1) is 28.7. The Morgan fingerprint density at radius 1 is 0.883 bits per heavy atom. The summed E-state index contributed by atoms with van der Waals surface area (Å²) in [6.45, 7) is -0.424. The molecule has 1 aliphatic heterocycles. The molecule has 0 bridgehead atoms. The molecule has 0 aromatic carbocycles. The molecule has 0 radical (unpaired) electrons. The highest BCUT2D eigenvalue weighted by molar-refractivity contribution is 7.98. The standard InChI is InChI=1S/C41H57N7O11S/c1-59-32(50)16-10-9-15-29(44-36(52)27-17-19-43-22-28(27)41(57)58)37(53)45-30(18-20-60-2)40(56)48-23-26(49)21-31(48)38(54)47-34(25-13-7-4-8-14-25)39(55)46-33(35(42)51)24-11-5-3-6-12-24/h10,16-17,19,22,24-25,29-31,33-34H,3-9,11-15,18,20-21,23H2,1-2H3,(H2,42,51)(H,44,52)(H,45,53)(H,46,55)(H,47,54)(H,57,58)/b16-10+/t29?,30?,31-,33?,34?/m0/s1. The molecular formula is C41H57N7O11S. The molecule has 60 heavy (non-hydrogen) atoms. The van der Waals surface area contributed by atoms with Crippen LogP contribution in [0.4, 0.5) is 0 Å². The molecule has 328 valence electrons. The zero-order valence-corrected chi connectivity index (χ0v) is 35.0. The zero-order valence-electron chi connectivity index (χ0n) is 34.2. The summed E-state index contributed by atoms with van der Waals surface area (Å²) in [4.78, 5) is 124. The Bertz CT molecular complexity index is 1780. The highest BCUT2D eigenvalue weighted by Gasteiger charge is 2.44. The minimum absolute atomic E-state index is 0.0734. The topological polar surface area (TPSA) is 273 Å². The number of ether oxygens (including phenoxy) is 1. The van der Waals surface area contributed by atoms with Crippen molar-refractivity contribution >= 4 is 64.9 Å². The number of aromatic nitrogens is 1. The number of Topliss-reactive ketones (excluding diaryl/α,β-unsaturated/α-hetero) is 1. The molecule has 3 aliphatic rings. The molecule has 3 fully saturated rings. The number of allylic oxidation sites excluding steroid dienone is 1. The van der Waals surface area contributed by atoms with Crippen molar-refractivity contribution in [2.24, 2.45) is 17.6 Å². The van der Waals surface area contributed by atoms with Gasteiger partial charge in [0.1, 0.15) is 30.2 Å². The Morgan fingerprint density at radius 3 is 2.13 bits per heavy atom. The fourth-order valence-electron chi connectivity index (χ4n) is 8.15. The number of thioether (sulfide) groups is 1. The molecule has 6 amide bonds. The molecule has 2 aliphatic carbocycles. The number of aromatic carboxylic acids is 1. The summed E-state index contributed by atoms with van der Waals surface area (Å²) in [7, 11) is 1.19. The van der Waals surface area contributed by atoms with Gasteiger partial charge < -0.3 is 41.7 Å². The Labute approximate surface area is 353 Å². The van der Waals surface area contributed by atoms with Gasteiger partial charge in [0.05, 0.1) is 24.8 Å². The number of carbonyl (C=O) groups is 9. The van der Waals surface area contributed by atoms with Gasteiger partial charge in [-0.05, 0) is 74.9 Å². The molecule has 1 saturated heterocycles. The van der Waals surface area contributed by atoms with E-state index < -0.39 is 95.5 Å². The molecule has 4 rings (SSSR count). The molecule has 18 nitrogen and oxygen atoms in total. The maximum atomic E-state index is 14.3. The number of rotatable bonds is 20. The van der Waals surface area contributed by atoms with Gasteiger partial charge in [-0.15, -0.1) is 0 Å². The predicted molar refractivity (Wildman–Crippen MR) is 219 cm³/mol. The molecule has 2 saturated carbocycles. The number of hydrogen-bond donors (Lipinski definition) is 6. The van der Waals surface area contributed by atoms with E-state index in [1.807, 2.05) is 0 Å². The van der Waals surface area contributed by atoms with Crippen LogP contribution in [0.2, 0.25) is 0 Å². The van der Waals surface area contributed by atoms with Crippen LogP contribution in [-0.4, -0.2) is 124 Å². The summed E-state index contributed by atoms with van der Waals surface area (Å²) in [6.07, 6.45) is 14.6. The first-order valence-electron chi connectivity index (χ1n) is 20.5. The number of carboxylic acids is 1. The lowest BCUT2D eigenvalue weighted by molar-refractivity contribution is -0.143. The van der Waals surface area contributed by atoms with E-state index in [-0.39, 0.29) is 43.1 Å². The minimum Gasteiger partial charge on any atom is -0.478 e. The number of hydrogen-bond acceptors (Lipinski definition) is 12. The summed E-state index contributed by atoms with van der Waals surface area (Å²) in [5, 5.41) is 20.5. The Morgan fingerprint density at radius 2 is 1.53 bits per heavy atom. The van der Waals surface area contributed by atoms with Gasteiger partial charge in [0.15, 0.2) is 5.78 Å². The van der Waals surface area contributed by atoms with Crippen molar-refractivity contribution in [1.82, 2.24) is 31.2 Å². The largest absolute Gasteiger partial charge is 0.478 e. The van der Waals surface area contributed by atoms with Crippen molar-refractivity contribution in [2.75, 3.05) is 25.7 Å². The number of nitrogens with one attached hydrogen (secondary N) is 4. The highest BCUT2D eigenvalue weighted by atomic mass is 32.2. The molecule has 19 heteroatoms. The van der Waals surface area contributed by atoms with E-state index in [2.05, 4.69) is 31.0 Å². The average molecular weight is 856 g/mol. The quantitative estimate of drug-likeness (QED) is 0.0801. The fourth-order valence-corrected chi connectivity index (χ4v) is 8.62. The van der Waals surface area contributed by atoms with E-state index >= 15 is 0 Å². The third kappa shape index (κ3) is 13.3. The molecule has 4 unspecified atom stereocenters. The normalized spacial score (nSPS) is 19.4. The summed E-state index contributed by atoms with van der Waals surface area (Å²) < 4.78 is 4.60. The van der Waals surface area contributed by atoms with Crippen LogP contribution in [0.5, 0.6) is 0 Å². The van der Waals surface area contributed by atoms with Crippen molar-refractivity contribution in [3.05, 3.63) is 41.7 Å². The predicted octanol–water partition coefficient (Wildman–Crippen LogP) is 1.41. The van der Waals surface area contributed by atoms with Gasteiger partial charge in [-0.2, -0.15) is 11.8 Å². The van der Waals surface area contributed by atoms with Gasteiger partial charge >= 0.3 is 11.9 Å². The third-order valence-electron chi connectivity index (χ3n) is 11.4. The van der Waals surface area contributed by atoms with Crippen molar-refractivity contribution in [3.8, 4) is 0 Å². The number of nitrogens with two attached hydrogens (primary N) is 1. The smallest absolute Gasteiger partial charge is 0.338 e. The monoisotopic (exact) mass is 855 g/mol. The van der Waals surface area contributed by atoms with E-state index in [0.29, 0.717) is 18.6 Å². The van der Waals surface area contributed by atoms with Crippen LogP contribution >= 0.6 is 11.8 Å². The van der Waals surface area contributed by atoms with Crippen LogP contribution in [0.15, 0.2) is 30.6 Å². The lowest BCUT2D eigenvalue weighted by Crippen LogP contribution is -2.60. The molecule has 0 spiro atoms. The number of nitrogens with zero attached hydrogens (tertiary/aromatic N) is 2. The van der Waals surface area contributed by atoms with Crippen LogP contribution in [-0.2, 0) is 38.3 Å². The van der Waals surface area contributed by atoms with Crippen molar-refractivity contribution in [2.45, 2.75) is 120 Å². The lowest BCUT2D eigenvalue weighted by atomic mass is 9.81. The first kappa shape index (κ1) is 47.3. The van der Waals surface area contributed by atoms with Crippen molar-refractivity contribution in [3.63, 3.8) is 0 Å². The summed E-state index contributed by atoms with van der Waals surface area (Å²) in [5.74, 6) is -6.86. The molecule has 1 aromatic heterocycles. The van der Waals surface area contributed by atoms with Crippen LogP contribution < -0.4 is 27.0 Å². The Hall–Kier alpha value is -5.33. The second-order valence-electron chi connectivity index (χ2n) is 15.5. The van der Waals surface area contributed by atoms with Crippen molar-refractivity contribution < 1.29 is 53.0 Å². The van der Waals surface area contributed by atoms with Gasteiger partial charge in [-0.25, -0.2) is 9.59 Å². The lowest BCUT2D eigenvalue weighted by Gasteiger charge is -2.35. The zero-order chi connectivity index (χ0) is 43.8. The second-order valence-corrected chi connectivity index (χ2v) is 16.5. The number of amides is 6.